The average molecular weight is 290 g/mol. The van der Waals surface area contributed by atoms with E-state index in [2.05, 4.69) is 4.98 Å². The van der Waals surface area contributed by atoms with Crippen LogP contribution in [0.2, 0.25) is 0 Å². The molecule has 1 atom stereocenters. The lowest BCUT2D eigenvalue weighted by atomic mass is 9.90. The number of aryl methyl sites for hydroxylation is 1. The molecule has 2 aliphatic rings. The third-order valence-corrected chi connectivity index (χ3v) is 4.71. The Balaban J connectivity index is 1.71. The van der Waals surface area contributed by atoms with Crippen molar-refractivity contribution in [1.29, 1.82) is 0 Å². The molecule has 116 valence electrons. The van der Waals surface area contributed by atoms with E-state index in [0.29, 0.717) is 6.54 Å². The van der Waals surface area contributed by atoms with Crippen molar-refractivity contribution >= 4 is 0 Å². The predicted octanol–water partition coefficient (Wildman–Crippen LogP) is 2.76. The van der Waals surface area contributed by atoms with Crippen LogP contribution in [0, 0.1) is 6.92 Å². The first-order valence-corrected chi connectivity index (χ1v) is 8.18. The number of aromatic nitrogens is 1. The summed E-state index contributed by atoms with van der Waals surface area (Å²) in [5, 5.41) is 0. The van der Waals surface area contributed by atoms with E-state index in [1.807, 2.05) is 19.1 Å². The molecule has 3 rings (SSSR count). The Morgan fingerprint density at radius 3 is 2.95 bits per heavy atom. The van der Waals surface area contributed by atoms with Crippen LogP contribution in [0.25, 0.3) is 0 Å². The van der Waals surface area contributed by atoms with Gasteiger partial charge in [-0.1, -0.05) is 12.8 Å². The summed E-state index contributed by atoms with van der Waals surface area (Å²) >= 11 is 0. The molecule has 2 fully saturated rings. The Morgan fingerprint density at radius 2 is 2.19 bits per heavy atom. The number of nitrogens with two attached hydrogens (primary N) is 1. The summed E-state index contributed by atoms with van der Waals surface area (Å²) < 4.78 is 12.4. The first-order valence-electron chi connectivity index (χ1n) is 8.18. The summed E-state index contributed by atoms with van der Waals surface area (Å²) in [6, 6.07) is 4.06. The number of hydrogen-bond donors (Lipinski definition) is 1. The molecule has 0 bridgehead atoms. The highest BCUT2D eigenvalue weighted by atomic mass is 16.5. The largest absolute Gasteiger partial charge is 0.488 e. The van der Waals surface area contributed by atoms with Crippen molar-refractivity contribution < 1.29 is 9.47 Å². The third-order valence-electron chi connectivity index (χ3n) is 4.71. The molecule has 1 aliphatic carbocycles. The number of rotatable bonds is 4. The van der Waals surface area contributed by atoms with Gasteiger partial charge in [-0.15, -0.1) is 0 Å². The summed E-state index contributed by atoms with van der Waals surface area (Å²) in [6.07, 6.45) is 7.96. The van der Waals surface area contributed by atoms with Crippen LogP contribution in [-0.4, -0.2) is 29.8 Å². The highest BCUT2D eigenvalue weighted by Crippen LogP contribution is 2.41. The smallest absolute Gasteiger partial charge is 0.141 e. The normalized spacial score (nSPS) is 24.4. The van der Waals surface area contributed by atoms with Crippen molar-refractivity contribution in [3.63, 3.8) is 0 Å². The van der Waals surface area contributed by atoms with Gasteiger partial charge in [0, 0.05) is 25.0 Å². The standard InChI is InChI=1S/C17H26N2O2/c1-13-4-5-16(15(19-13)6-10-18)21-14-7-11-20-17(12-14)8-2-3-9-17/h4-5,14H,2-3,6-12,18H2,1H3. The van der Waals surface area contributed by atoms with Crippen LogP contribution in [0.4, 0.5) is 0 Å². The zero-order chi connectivity index (χ0) is 14.7. The number of nitrogens with zero attached hydrogens (tertiary/aromatic N) is 1. The van der Waals surface area contributed by atoms with Crippen molar-refractivity contribution in [2.45, 2.75) is 63.6 Å². The Kier molecular flexibility index (Phi) is 4.45. The van der Waals surface area contributed by atoms with E-state index in [9.17, 15) is 0 Å². The molecule has 0 amide bonds. The lowest BCUT2D eigenvalue weighted by Gasteiger charge is -2.38. The molecule has 1 aromatic heterocycles. The van der Waals surface area contributed by atoms with Gasteiger partial charge in [0.25, 0.3) is 0 Å². The fourth-order valence-electron chi connectivity index (χ4n) is 3.65. The lowest BCUT2D eigenvalue weighted by Crippen LogP contribution is -2.41. The van der Waals surface area contributed by atoms with Gasteiger partial charge in [-0.25, -0.2) is 0 Å². The van der Waals surface area contributed by atoms with Crippen molar-refractivity contribution in [3.05, 3.63) is 23.5 Å². The monoisotopic (exact) mass is 290 g/mol. The molecular formula is C17H26N2O2. The summed E-state index contributed by atoms with van der Waals surface area (Å²) in [7, 11) is 0. The van der Waals surface area contributed by atoms with Gasteiger partial charge in [0.15, 0.2) is 0 Å². The molecule has 1 aliphatic heterocycles. The van der Waals surface area contributed by atoms with Gasteiger partial charge in [-0.2, -0.15) is 0 Å². The van der Waals surface area contributed by atoms with Gasteiger partial charge in [0.05, 0.1) is 17.9 Å². The van der Waals surface area contributed by atoms with Gasteiger partial charge < -0.3 is 15.2 Å². The van der Waals surface area contributed by atoms with Crippen LogP contribution in [0.1, 0.15) is 49.9 Å². The second-order valence-corrected chi connectivity index (χ2v) is 6.41. The van der Waals surface area contributed by atoms with E-state index < -0.39 is 0 Å². The Bertz CT molecular complexity index is 484. The molecule has 1 spiro atoms. The maximum absolute atomic E-state index is 6.28. The quantitative estimate of drug-likeness (QED) is 0.926. The fraction of sp³-hybridized carbons (Fsp3) is 0.706. The van der Waals surface area contributed by atoms with Gasteiger partial charge >= 0.3 is 0 Å². The van der Waals surface area contributed by atoms with Gasteiger partial charge in [-0.3, -0.25) is 4.98 Å². The third kappa shape index (κ3) is 3.38. The van der Waals surface area contributed by atoms with Gasteiger partial charge in [0.2, 0.25) is 0 Å². The Morgan fingerprint density at radius 1 is 1.38 bits per heavy atom. The number of ether oxygens (including phenoxy) is 2. The predicted molar refractivity (Wildman–Crippen MR) is 82.5 cm³/mol. The first kappa shape index (κ1) is 14.8. The second-order valence-electron chi connectivity index (χ2n) is 6.41. The zero-order valence-electron chi connectivity index (χ0n) is 12.9. The minimum absolute atomic E-state index is 0.0923. The molecule has 0 aromatic carbocycles. The zero-order valence-corrected chi connectivity index (χ0v) is 12.9. The van der Waals surface area contributed by atoms with E-state index in [1.165, 1.54) is 25.7 Å². The van der Waals surface area contributed by atoms with Crippen molar-refractivity contribution in [2.75, 3.05) is 13.2 Å². The molecule has 1 unspecified atom stereocenters. The number of hydrogen-bond acceptors (Lipinski definition) is 4. The highest BCUT2D eigenvalue weighted by molar-refractivity contribution is 5.30. The molecule has 1 aromatic rings. The molecule has 0 radical (unpaired) electrons. The van der Waals surface area contributed by atoms with E-state index in [1.54, 1.807) is 0 Å². The average Bonchev–Trinajstić information content (AvgIpc) is 2.90. The second kappa shape index (κ2) is 6.32. The van der Waals surface area contributed by atoms with Crippen LogP contribution in [0.15, 0.2) is 12.1 Å². The Labute approximate surface area is 127 Å². The van der Waals surface area contributed by atoms with E-state index in [-0.39, 0.29) is 11.7 Å². The first-order chi connectivity index (χ1) is 10.2. The molecule has 2 N–H and O–H groups in total. The van der Waals surface area contributed by atoms with Gasteiger partial charge in [0.1, 0.15) is 11.9 Å². The summed E-state index contributed by atoms with van der Waals surface area (Å²) in [6.45, 7) is 3.42. The summed E-state index contributed by atoms with van der Waals surface area (Å²) in [4.78, 5) is 4.58. The van der Waals surface area contributed by atoms with Crippen molar-refractivity contribution in [1.82, 2.24) is 4.98 Å². The Hall–Kier alpha value is -1.13. The molecule has 21 heavy (non-hydrogen) atoms. The van der Waals surface area contributed by atoms with Crippen LogP contribution >= 0.6 is 0 Å². The topological polar surface area (TPSA) is 57.4 Å². The van der Waals surface area contributed by atoms with Crippen LogP contribution in [0.5, 0.6) is 5.75 Å². The van der Waals surface area contributed by atoms with Crippen LogP contribution < -0.4 is 10.5 Å². The van der Waals surface area contributed by atoms with E-state index >= 15 is 0 Å². The highest BCUT2D eigenvalue weighted by Gasteiger charge is 2.40. The van der Waals surface area contributed by atoms with E-state index in [0.717, 1.165) is 43.0 Å². The van der Waals surface area contributed by atoms with Crippen molar-refractivity contribution in [3.8, 4) is 5.75 Å². The summed E-state index contributed by atoms with van der Waals surface area (Å²) in [5.74, 6) is 0.908. The molecule has 1 saturated carbocycles. The minimum Gasteiger partial charge on any atom is -0.488 e. The number of pyridine rings is 1. The minimum atomic E-state index is 0.0923. The van der Waals surface area contributed by atoms with Gasteiger partial charge in [-0.05, 0) is 38.4 Å². The molecular weight excluding hydrogens is 264 g/mol. The van der Waals surface area contributed by atoms with Crippen LogP contribution in [0.3, 0.4) is 0 Å². The maximum Gasteiger partial charge on any atom is 0.141 e. The van der Waals surface area contributed by atoms with E-state index in [4.69, 9.17) is 15.2 Å². The molecule has 4 nitrogen and oxygen atoms in total. The molecule has 1 saturated heterocycles. The molecule has 2 heterocycles. The summed E-state index contributed by atoms with van der Waals surface area (Å²) in [5.41, 5.74) is 7.79. The SMILES string of the molecule is Cc1ccc(OC2CCOC3(CCCC3)C2)c(CCN)n1. The maximum atomic E-state index is 6.28. The van der Waals surface area contributed by atoms with Crippen molar-refractivity contribution in [2.24, 2.45) is 5.73 Å². The van der Waals surface area contributed by atoms with Crippen LogP contribution in [-0.2, 0) is 11.2 Å². The fourth-order valence-corrected chi connectivity index (χ4v) is 3.65. The lowest BCUT2D eigenvalue weighted by molar-refractivity contribution is -0.108. The molecule has 4 heteroatoms.